The van der Waals surface area contributed by atoms with Crippen LogP contribution in [0.5, 0.6) is 0 Å². The molecule has 0 atom stereocenters. The van der Waals surface area contributed by atoms with Gasteiger partial charge < -0.3 is 10.1 Å². The number of ether oxygens (including phenoxy) is 1. The predicted molar refractivity (Wildman–Crippen MR) is 62.1 cm³/mol. The smallest absolute Gasteiger partial charge is 0.133 e. The highest BCUT2D eigenvalue weighted by atomic mass is 35.5. The summed E-state index contributed by atoms with van der Waals surface area (Å²) >= 11 is 5.91. The number of pyridine rings is 1. The first-order valence-corrected chi connectivity index (χ1v) is 5.60. The van der Waals surface area contributed by atoms with Crippen molar-refractivity contribution in [1.29, 1.82) is 0 Å². The Morgan fingerprint density at radius 2 is 2.40 bits per heavy atom. The van der Waals surface area contributed by atoms with Crippen LogP contribution >= 0.6 is 11.6 Å². The summed E-state index contributed by atoms with van der Waals surface area (Å²) in [4.78, 5) is 4.01. The lowest BCUT2D eigenvalue weighted by atomic mass is 10.3. The van der Waals surface area contributed by atoms with Gasteiger partial charge in [0, 0.05) is 31.5 Å². The molecular formula is C11H17ClN2O. The second-order valence-corrected chi connectivity index (χ2v) is 3.54. The van der Waals surface area contributed by atoms with E-state index in [0.29, 0.717) is 5.15 Å². The number of hydrogen-bond acceptors (Lipinski definition) is 3. The molecule has 3 nitrogen and oxygen atoms in total. The van der Waals surface area contributed by atoms with E-state index in [-0.39, 0.29) is 0 Å². The molecule has 0 spiro atoms. The van der Waals surface area contributed by atoms with Crippen LogP contribution in [0, 0.1) is 0 Å². The molecule has 0 aliphatic carbocycles. The van der Waals surface area contributed by atoms with Crippen molar-refractivity contribution in [3.8, 4) is 0 Å². The quantitative estimate of drug-likeness (QED) is 0.574. The average Bonchev–Trinajstić information content (AvgIpc) is 2.25. The van der Waals surface area contributed by atoms with Crippen LogP contribution in [0.1, 0.15) is 18.9 Å². The Morgan fingerprint density at radius 1 is 1.53 bits per heavy atom. The van der Waals surface area contributed by atoms with E-state index in [2.05, 4.69) is 10.3 Å². The van der Waals surface area contributed by atoms with Gasteiger partial charge >= 0.3 is 0 Å². The second-order valence-electron chi connectivity index (χ2n) is 3.18. The molecule has 84 valence electrons. The van der Waals surface area contributed by atoms with Gasteiger partial charge in [-0.05, 0) is 26.0 Å². The van der Waals surface area contributed by atoms with Crippen molar-refractivity contribution in [3.05, 3.63) is 29.0 Å². The van der Waals surface area contributed by atoms with E-state index >= 15 is 0 Å². The minimum Gasteiger partial charge on any atom is -0.382 e. The van der Waals surface area contributed by atoms with Crippen LogP contribution in [-0.2, 0) is 11.3 Å². The average molecular weight is 229 g/mol. The third kappa shape index (κ3) is 5.11. The fraction of sp³-hybridized carbons (Fsp3) is 0.545. The van der Waals surface area contributed by atoms with Gasteiger partial charge in [0.1, 0.15) is 5.15 Å². The fourth-order valence-electron chi connectivity index (χ4n) is 1.22. The number of nitrogens with one attached hydrogen (secondary N) is 1. The first-order valence-electron chi connectivity index (χ1n) is 5.22. The first kappa shape index (κ1) is 12.4. The molecule has 0 amide bonds. The van der Waals surface area contributed by atoms with Gasteiger partial charge in [0.05, 0.1) is 0 Å². The van der Waals surface area contributed by atoms with Crippen molar-refractivity contribution in [1.82, 2.24) is 10.3 Å². The van der Waals surface area contributed by atoms with Crippen molar-refractivity contribution in [2.24, 2.45) is 0 Å². The lowest BCUT2D eigenvalue weighted by molar-refractivity contribution is 0.144. The topological polar surface area (TPSA) is 34.1 Å². The van der Waals surface area contributed by atoms with E-state index in [4.69, 9.17) is 16.3 Å². The maximum Gasteiger partial charge on any atom is 0.133 e. The highest BCUT2D eigenvalue weighted by Crippen LogP contribution is 2.10. The predicted octanol–water partition coefficient (Wildman–Crippen LogP) is 2.25. The van der Waals surface area contributed by atoms with E-state index in [1.807, 2.05) is 19.1 Å². The highest BCUT2D eigenvalue weighted by molar-refractivity contribution is 6.30. The molecule has 0 bridgehead atoms. The summed E-state index contributed by atoms with van der Waals surface area (Å²) in [6.45, 7) is 5.30. The number of aromatic nitrogens is 1. The third-order valence-electron chi connectivity index (χ3n) is 2.00. The van der Waals surface area contributed by atoms with E-state index in [9.17, 15) is 0 Å². The van der Waals surface area contributed by atoms with Crippen molar-refractivity contribution in [2.45, 2.75) is 19.9 Å². The van der Waals surface area contributed by atoms with Gasteiger partial charge in [-0.25, -0.2) is 4.98 Å². The largest absolute Gasteiger partial charge is 0.382 e. The number of halogens is 1. The first-order chi connectivity index (χ1) is 7.34. The molecule has 1 N–H and O–H groups in total. The van der Waals surface area contributed by atoms with Crippen molar-refractivity contribution < 1.29 is 4.74 Å². The van der Waals surface area contributed by atoms with Crippen LogP contribution in [-0.4, -0.2) is 24.7 Å². The van der Waals surface area contributed by atoms with Crippen LogP contribution in [0.15, 0.2) is 18.3 Å². The van der Waals surface area contributed by atoms with Gasteiger partial charge in [0.25, 0.3) is 0 Å². The van der Waals surface area contributed by atoms with Crippen molar-refractivity contribution >= 4 is 11.6 Å². The maximum atomic E-state index is 5.91. The van der Waals surface area contributed by atoms with Gasteiger partial charge in [-0.1, -0.05) is 17.7 Å². The van der Waals surface area contributed by atoms with Gasteiger partial charge in [-0.3, -0.25) is 0 Å². The van der Waals surface area contributed by atoms with E-state index in [1.54, 1.807) is 6.20 Å². The Balaban J connectivity index is 2.12. The lowest BCUT2D eigenvalue weighted by Crippen LogP contribution is -2.16. The Kier molecular flexibility index (Phi) is 6.32. The molecule has 1 aromatic heterocycles. The van der Waals surface area contributed by atoms with Gasteiger partial charge in [-0.15, -0.1) is 0 Å². The van der Waals surface area contributed by atoms with Crippen molar-refractivity contribution in [2.75, 3.05) is 19.8 Å². The fourth-order valence-corrected chi connectivity index (χ4v) is 1.40. The lowest BCUT2D eigenvalue weighted by Gasteiger charge is -2.05. The van der Waals surface area contributed by atoms with Crippen molar-refractivity contribution in [3.63, 3.8) is 0 Å². The summed E-state index contributed by atoms with van der Waals surface area (Å²) in [6, 6.07) is 3.87. The van der Waals surface area contributed by atoms with Gasteiger partial charge in [-0.2, -0.15) is 0 Å². The van der Waals surface area contributed by atoms with Crippen LogP contribution in [0.3, 0.4) is 0 Å². The summed E-state index contributed by atoms with van der Waals surface area (Å²) in [6.07, 6.45) is 2.71. The highest BCUT2D eigenvalue weighted by Gasteiger charge is 1.98. The minimum absolute atomic E-state index is 0.579. The SMILES string of the molecule is CCOCCCNCc1cccnc1Cl. The van der Waals surface area contributed by atoms with E-state index < -0.39 is 0 Å². The molecule has 0 fully saturated rings. The Hall–Kier alpha value is -0.640. The number of nitrogens with zero attached hydrogens (tertiary/aromatic N) is 1. The van der Waals surface area contributed by atoms with Crippen LogP contribution in [0.25, 0.3) is 0 Å². The minimum atomic E-state index is 0.579. The zero-order chi connectivity index (χ0) is 10.9. The van der Waals surface area contributed by atoms with Crippen LogP contribution in [0.4, 0.5) is 0 Å². The molecule has 4 heteroatoms. The molecule has 0 unspecified atom stereocenters. The van der Waals surface area contributed by atoms with Crippen LogP contribution < -0.4 is 5.32 Å². The Morgan fingerprint density at radius 3 is 3.13 bits per heavy atom. The normalized spacial score (nSPS) is 10.5. The molecular weight excluding hydrogens is 212 g/mol. The van der Waals surface area contributed by atoms with E-state index in [1.165, 1.54) is 0 Å². The molecule has 1 aromatic rings. The summed E-state index contributed by atoms with van der Waals surface area (Å²) in [5.74, 6) is 0. The monoisotopic (exact) mass is 228 g/mol. The molecule has 0 aliphatic heterocycles. The van der Waals surface area contributed by atoms with Gasteiger partial charge in [0.2, 0.25) is 0 Å². The molecule has 0 saturated carbocycles. The van der Waals surface area contributed by atoms with E-state index in [0.717, 1.165) is 38.3 Å². The second kappa shape index (κ2) is 7.63. The summed E-state index contributed by atoms with van der Waals surface area (Å²) in [5, 5.41) is 3.88. The molecule has 0 aliphatic rings. The summed E-state index contributed by atoms with van der Waals surface area (Å²) in [7, 11) is 0. The summed E-state index contributed by atoms with van der Waals surface area (Å²) < 4.78 is 5.23. The molecule has 1 heterocycles. The number of hydrogen-bond donors (Lipinski definition) is 1. The number of rotatable bonds is 7. The molecule has 0 aromatic carbocycles. The molecule has 1 rings (SSSR count). The maximum absolute atomic E-state index is 5.91. The Bertz CT molecular complexity index is 281. The Labute approximate surface area is 95.8 Å². The zero-order valence-corrected chi connectivity index (χ0v) is 9.76. The standard InChI is InChI=1S/C11H17ClN2O/c1-2-15-8-4-6-13-9-10-5-3-7-14-11(10)12/h3,5,7,13H,2,4,6,8-9H2,1H3. The zero-order valence-electron chi connectivity index (χ0n) is 9.00. The third-order valence-corrected chi connectivity index (χ3v) is 2.34. The molecule has 15 heavy (non-hydrogen) atoms. The molecule has 0 saturated heterocycles. The van der Waals surface area contributed by atoms with Crippen LogP contribution in [0.2, 0.25) is 5.15 Å². The summed E-state index contributed by atoms with van der Waals surface area (Å²) in [5.41, 5.74) is 1.04. The molecule has 0 radical (unpaired) electrons. The van der Waals surface area contributed by atoms with Gasteiger partial charge in [0.15, 0.2) is 0 Å².